The van der Waals surface area contributed by atoms with E-state index in [1.54, 1.807) is 0 Å². The zero-order valence-corrected chi connectivity index (χ0v) is 13.8. The molecule has 3 N–H and O–H groups in total. The fourth-order valence-electron chi connectivity index (χ4n) is 3.28. The van der Waals surface area contributed by atoms with E-state index >= 15 is 0 Å². The third kappa shape index (κ3) is 3.44. The van der Waals surface area contributed by atoms with E-state index in [1.165, 1.54) is 41.3 Å². The summed E-state index contributed by atoms with van der Waals surface area (Å²) in [5, 5.41) is 3.73. The first kappa shape index (κ1) is 14.6. The molecule has 110 valence electrons. The standard InChI is InChI=1S/C17H25BrN2/c1-11-2-7-14(16(18)8-11)17(9-19)20-10-15(12-3-4-12)13-5-6-13/h2,7-8,12-13,15,17,20H,3-6,9-10,19H2,1H3. The summed E-state index contributed by atoms with van der Waals surface area (Å²) < 4.78 is 1.18. The van der Waals surface area contributed by atoms with Crippen molar-refractivity contribution < 1.29 is 0 Å². The molecular weight excluding hydrogens is 312 g/mol. The van der Waals surface area contributed by atoms with Gasteiger partial charge in [-0.2, -0.15) is 0 Å². The van der Waals surface area contributed by atoms with Gasteiger partial charge in [-0.15, -0.1) is 0 Å². The van der Waals surface area contributed by atoms with Gasteiger partial charge in [0.2, 0.25) is 0 Å². The summed E-state index contributed by atoms with van der Waals surface area (Å²) in [5.41, 5.74) is 8.58. The van der Waals surface area contributed by atoms with E-state index in [0.29, 0.717) is 6.54 Å². The lowest BCUT2D eigenvalue weighted by atomic mass is 9.96. The van der Waals surface area contributed by atoms with E-state index in [4.69, 9.17) is 5.73 Å². The number of rotatable bonds is 7. The highest BCUT2D eigenvalue weighted by atomic mass is 79.9. The lowest BCUT2D eigenvalue weighted by Gasteiger charge is -2.23. The molecule has 1 aromatic rings. The van der Waals surface area contributed by atoms with Crippen molar-refractivity contribution in [2.24, 2.45) is 23.5 Å². The molecule has 20 heavy (non-hydrogen) atoms. The monoisotopic (exact) mass is 336 g/mol. The van der Waals surface area contributed by atoms with E-state index in [1.807, 2.05) is 0 Å². The van der Waals surface area contributed by atoms with Crippen molar-refractivity contribution in [3.05, 3.63) is 33.8 Å². The number of nitrogens with two attached hydrogens (primary N) is 1. The van der Waals surface area contributed by atoms with Gasteiger partial charge in [0.15, 0.2) is 0 Å². The summed E-state index contributed by atoms with van der Waals surface area (Å²) in [6.07, 6.45) is 5.80. The van der Waals surface area contributed by atoms with Crippen LogP contribution in [-0.4, -0.2) is 13.1 Å². The maximum Gasteiger partial charge on any atom is 0.0455 e. The van der Waals surface area contributed by atoms with Gasteiger partial charge in [0, 0.05) is 17.1 Å². The second-order valence-electron chi connectivity index (χ2n) is 6.56. The lowest BCUT2D eigenvalue weighted by Crippen LogP contribution is -2.33. The molecule has 0 radical (unpaired) electrons. The van der Waals surface area contributed by atoms with Gasteiger partial charge in [-0.1, -0.05) is 28.1 Å². The van der Waals surface area contributed by atoms with Crippen LogP contribution in [0.3, 0.4) is 0 Å². The van der Waals surface area contributed by atoms with E-state index in [9.17, 15) is 0 Å². The topological polar surface area (TPSA) is 38.0 Å². The van der Waals surface area contributed by atoms with Gasteiger partial charge < -0.3 is 11.1 Å². The average molecular weight is 337 g/mol. The van der Waals surface area contributed by atoms with Crippen molar-refractivity contribution in [2.45, 2.75) is 38.6 Å². The molecule has 2 aliphatic carbocycles. The zero-order chi connectivity index (χ0) is 14.1. The molecule has 0 aliphatic heterocycles. The smallest absolute Gasteiger partial charge is 0.0455 e. The van der Waals surface area contributed by atoms with Crippen molar-refractivity contribution in [1.29, 1.82) is 0 Å². The summed E-state index contributed by atoms with van der Waals surface area (Å²) in [6, 6.07) is 6.82. The number of hydrogen-bond donors (Lipinski definition) is 2. The van der Waals surface area contributed by atoms with Crippen LogP contribution in [0.15, 0.2) is 22.7 Å². The van der Waals surface area contributed by atoms with Gasteiger partial charge in [-0.05, 0) is 74.1 Å². The Labute approximate surface area is 130 Å². The third-order valence-electron chi connectivity index (χ3n) is 4.82. The summed E-state index contributed by atoms with van der Waals surface area (Å²) >= 11 is 3.68. The fraction of sp³-hybridized carbons (Fsp3) is 0.647. The second kappa shape index (κ2) is 6.17. The minimum Gasteiger partial charge on any atom is -0.329 e. The summed E-state index contributed by atoms with van der Waals surface area (Å²) in [6.45, 7) is 3.91. The number of halogens is 1. The molecule has 2 aliphatic rings. The molecule has 1 unspecified atom stereocenters. The van der Waals surface area contributed by atoms with Crippen molar-refractivity contribution in [3.63, 3.8) is 0 Å². The van der Waals surface area contributed by atoms with E-state index < -0.39 is 0 Å². The molecule has 1 aromatic carbocycles. The Kier molecular flexibility index (Phi) is 4.49. The Balaban J connectivity index is 1.63. The van der Waals surface area contributed by atoms with E-state index in [0.717, 1.165) is 24.3 Å². The van der Waals surface area contributed by atoms with Crippen molar-refractivity contribution in [1.82, 2.24) is 5.32 Å². The quantitative estimate of drug-likeness (QED) is 0.795. The maximum absolute atomic E-state index is 6.00. The van der Waals surface area contributed by atoms with Gasteiger partial charge in [0.25, 0.3) is 0 Å². The van der Waals surface area contributed by atoms with E-state index in [-0.39, 0.29) is 6.04 Å². The first-order valence-corrected chi connectivity index (χ1v) is 8.68. The molecular formula is C17H25BrN2. The van der Waals surface area contributed by atoms with Crippen LogP contribution in [0.25, 0.3) is 0 Å². The lowest BCUT2D eigenvalue weighted by molar-refractivity contribution is 0.357. The second-order valence-corrected chi connectivity index (χ2v) is 7.41. The number of aryl methyl sites for hydroxylation is 1. The summed E-state index contributed by atoms with van der Waals surface area (Å²) in [4.78, 5) is 0. The fourth-order valence-corrected chi connectivity index (χ4v) is 4.05. The zero-order valence-electron chi connectivity index (χ0n) is 12.2. The third-order valence-corrected chi connectivity index (χ3v) is 5.51. The molecule has 0 spiro atoms. The van der Waals surface area contributed by atoms with Crippen LogP contribution in [0.1, 0.15) is 42.9 Å². The molecule has 3 heteroatoms. The first-order valence-electron chi connectivity index (χ1n) is 7.88. The van der Waals surface area contributed by atoms with Crippen LogP contribution >= 0.6 is 15.9 Å². The molecule has 1 atom stereocenters. The Bertz CT molecular complexity index is 454. The van der Waals surface area contributed by atoms with Crippen LogP contribution in [0.5, 0.6) is 0 Å². The predicted molar refractivity (Wildman–Crippen MR) is 87.6 cm³/mol. The largest absolute Gasteiger partial charge is 0.329 e. The Hall–Kier alpha value is -0.380. The van der Waals surface area contributed by atoms with Gasteiger partial charge in [-0.25, -0.2) is 0 Å². The van der Waals surface area contributed by atoms with Crippen LogP contribution in [0.2, 0.25) is 0 Å². The van der Waals surface area contributed by atoms with Crippen molar-refractivity contribution in [2.75, 3.05) is 13.1 Å². The van der Waals surface area contributed by atoms with Crippen molar-refractivity contribution in [3.8, 4) is 0 Å². The Morgan fingerprint density at radius 2 is 1.90 bits per heavy atom. The average Bonchev–Trinajstić information content (AvgIpc) is 3.28. The normalized spacial score (nSPS) is 20.4. The van der Waals surface area contributed by atoms with Gasteiger partial charge in [-0.3, -0.25) is 0 Å². The summed E-state index contributed by atoms with van der Waals surface area (Å²) in [7, 11) is 0. The number of nitrogens with one attached hydrogen (secondary N) is 1. The van der Waals surface area contributed by atoms with Crippen LogP contribution in [0, 0.1) is 24.7 Å². The number of hydrogen-bond acceptors (Lipinski definition) is 2. The predicted octanol–water partition coefficient (Wildman–Crippen LogP) is 3.78. The SMILES string of the molecule is Cc1ccc(C(CN)NCC(C2CC2)C2CC2)c(Br)c1. The van der Waals surface area contributed by atoms with Gasteiger partial charge in [0.1, 0.15) is 0 Å². The molecule has 0 amide bonds. The maximum atomic E-state index is 6.00. The van der Waals surface area contributed by atoms with Gasteiger partial charge >= 0.3 is 0 Å². The molecule has 0 saturated heterocycles. The first-order chi connectivity index (χ1) is 9.69. The van der Waals surface area contributed by atoms with Crippen molar-refractivity contribution >= 4 is 15.9 Å². The minimum absolute atomic E-state index is 0.268. The Morgan fingerprint density at radius 1 is 1.25 bits per heavy atom. The molecule has 2 nitrogen and oxygen atoms in total. The summed E-state index contributed by atoms with van der Waals surface area (Å²) in [5.74, 6) is 2.89. The molecule has 3 rings (SSSR count). The highest BCUT2D eigenvalue weighted by Crippen LogP contribution is 2.49. The highest BCUT2D eigenvalue weighted by Gasteiger charge is 2.41. The van der Waals surface area contributed by atoms with Crippen LogP contribution in [0.4, 0.5) is 0 Å². The van der Waals surface area contributed by atoms with E-state index in [2.05, 4.69) is 46.4 Å². The highest BCUT2D eigenvalue weighted by molar-refractivity contribution is 9.10. The molecule has 0 aromatic heterocycles. The van der Waals surface area contributed by atoms with Crippen LogP contribution < -0.4 is 11.1 Å². The molecule has 0 bridgehead atoms. The molecule has 2 saturated carbocycles. The van der Waals surface area contributed by atoms with Gasteiger partial charge in [0.05, 0.1) is 0 Å². The Morgan fingerprint density at radius 3 is 2.40 bits per heavy atom. The minimum atomic E-state index is 0.268. The number of benzene rings is 1. The molecule has 2 fully saturated rings. The molecule has 0 heterocycles. The van der Waals surface area contributed by atoms with Crippen LogP contribution in [-0.2, 0) is 0 Å².